The number of hydrogen-bond acceptors (Lipinski definition) is 4. The normalized spacial score (nSPS) is 9.22. The van der Waals surface area contributed by atoms with E-state index in [4.69, 9.17) is 9.47 Å². The third-order valence-electron chi connectivity index (χ3n) is 2.14. The summed E-state index contributed by atoms with van der Waals surface area (Å²) in [4.78, 5) is 22.6. The summed E-state index contributed by atoms with van der Waals surface area (Å²) in [5.74, 6) is -0.929. The van der Waals surface area contributed by atoms with Crippen molar-refractivity contribution in [3.63, 3.8) is 0 Å². The number of rotatable bonds is 9. The summed E-state index contributed by atoms with van der Waals surface area (Å²) in [6.07, 6.45) is 3.49. The number of esters is 2. The highest BCUT2D eigenvalue weighted by Gasteiger charge is 2.13. The fourth-order valence-electron chi connectivity index (χ4n) is 1.04. The third-order valence-corrected chi connectivity index (χ3v) is 2.14. The van der Waals surface area contributed by atoms with E-state index in [1.54, 1.807) is 0 Å². The number of ether oxygens (including phenoxy) is 2. The van der Waals surface area contributed by atoms with Crippen molar-refractivity contribution in [2.24, 2.45) is 0 Å². The molecule has 0 unspecified atom stereocenters. The Labute approximate surface area is 108 Å². The zero-order chi connectivity index (χ0) is 13.1. The van der Waals surface area contributed by atoms with E-state index in [0.29, 0.717) is 13.2 Å². The number of hydrogen-bond donors (Lipinski definition) is 0. The minimum Gasteiger partial charge on any atom is -0.465 e. The molecule has 0 aromatic rings. The Balaban J connectivity index is 0. The first-order valence-corrected chi connectivity index (χ1v) is 6.12. The van der Waals surface area contributed by atoms with Gasteiger partial charge in [0.05, 0.1) is 19.6 Å². The van der Waals surface area contributed by atoms with E-state index >= 15 is 0 Å². The van der Waals surface area contributed by atoms with Gasteiger partial charge in [-0.15, -0.1) is 0 Å². The van der Waals surface area contributed by atoms with Gasteiger partial charge < -0.3 is 14.9 Å². The molecule has 0 saturated heterocycles. The molecule has 0 atom stereocenters. The smallest absolute Gasteiger partial charge is 0.333 e. The van der Waals surface area contributed by atoms with Crippen LogP contribution >= 0.6 is 0 Å². The standard InChI is InChI=1S/C13H22O4.H2O/c1-4-6-8-16-12(14)10-11(3)13(15)17-9-7-5-2;/h3-10H2,1-2H3;1H2. The summed E-state index contributed by atoms with van der Waals surface area (Å²) in [7, 11) is 0. The van der Waals surface area contributed by atoms with Crippen LogP contribution in [0.1, 0.15) is 46.0 Å². The fourth-order valence-corrected chi connectivity index (χ4v) is 1.04. The summed E-state index contributed by atoms with van der Waals surface area (Å²) in [5, 5.41) is 0. The van der Waals surface area contributed by atoms with Crippen molar-refractivity contribution < 1.29 is 24.5 Å². The lowest BCUT2D eigenvalue weighted by atomic mass is 10.2. The molecule has 0 fully saturated rings. The van der Waals surface area contributed by atoms with Crippen molar-refractivity contribution in [1.29, 1.82) is 0 Å². The quantitative estimate of drug-likeness (QED) is 0.359. The molecular formula is C13H24O5. The van der Waals surface area contributed by atoms with Crippen LogP contribution in [0.5, 0.6) is 0 Å². The predicted molar refractivity (Wildman–Crippen MR) is 69.1 cm³/mol. The van der Waals surface area contributed by atoms with Gasteiger partial charge in [-0.3, -0.25) is 4.79 Å². The molecule has 0 bridgehead atoms. The van der Waals surface area contributed by atoms with Crippen LogP contribution in [0, 0.1) is 0 Å². The van der Waals surface area contributed by atoms with Gasteiger partial charge in [0.25, 0.3) is 0 Å². The third kappa shape index (κ3) is 9.84. The summed E-state index contributed by atoms with van der Waals surface area (Å²) >= 11 is 0. The fraction of sp³-hybridized carbons (Fsp3) is 0.692. The molecule has 0 heterocycles. The van der Waals surface area contributed by atoms with Crippen molar-refractivity contribution in [2.45, 2.75) is 46.0 Å². The van der Waals surface area contributed by atoms with Gasteiger partial charge in [0.2, 0.25) is 0 Å². The molecule has 0 rings (SSSR count). The molecule has 5 nitrogen and oxygen atoms in total. The molecule has 2 N–H and O–H groups in total. The molecule has 0 saturated carbocycles. The van der Waals surface area contributed by atoms with Crippen LogP contribution in [0.3, 0.4) is 0 Å². The van der Waals surface area contributed by atoms with Crippen molar-refractivity contribution in [3.05, 3.63) is 12.2 Å². The van der Waals surface area contributed by atoms with Crippen LogP contribution in [0.15, 0.2) is 12.2 Å². The molecule has 0 aromatic carbocycles. The Morgan fingerprint density at radius 2 is 1.50 bits per heavy atom. The molecule has 0 aromatic heterocycles. The van der Waals surface area contributed by atoms with E-state index < -0.39 is 11.9 Å². The molecule has 0 aliphatic carbocycles. The van der Waals surface area contributed by atoms with Crippen LogP contribution in [-0.2, 0) is 19.1 Å². The Morgan fingerprint density at radius 1 is 1.00 bits per heavy atom. The van der Waals surface area contributed by atoms with Gasteiger partial charge in [-0.1, -0.05) is 33.3 Å². The zero-order valence-electron chi connectivity index (χ0n) is 11.3. The lowest BCUT2D eigenvalue weighted by Gasteiger charge is -2.07. The first kappa shape index (κ1) is 19.0. The molecule has 5 heteroatoms. The van der Waals surface area contributed by atoms with Crippen LogP contribution < -0.4 is 0 Å². The number of unbranched alkanes of at least 4 members (excludes halogenated alkanes) is 2. The maximum absolute atomic E-state index is 11.4. The highest BCUT2D eigenvalue weighted by Crippen LogP contribution is 2.04. The molecule has 0 aliphatic rings. The van der Waals surface area contributed by atoms with Crippen molar-refractivity contribution in [2.75, 3.05) is 13.2 Å². The maximum Gasteiger partial charge on any atom is 0.333 e. The van der Waals surface area contributed by atoms with Crippen molar-refractivity contribution in [3.8, 4) is 0 Å². The van der Waals surface area contributed by atoms with E-state index in [1.807, 2.05) is 13.8 Å². The van der Waals surface area contributed by atoms with E-state index in [1.165, 1.54) is 0 Å². The largest absolute Gasteiger partial charge is 0.465 e. The predicted octanol–water partition coefficient (Wildman–Crippen LogP) is 1.79. The lowest BCUT2D eigenvalue weighted by Crippen LogP contribution is -2.13. The second kappa shape index (κ2) is 12.1. The van der Waals surface area contributed by atoms with Gasteiger partial charge >= 0.3 is 11.9 Å². The minimum absolute atomic E-state index is 0. The first-order valence-electron chi connectivity index (χ1n) is 6.12. The molecule has 0 aliphatic heterocycles. The number of carbonyl (C=O) groups excluding carboxylic acids is 2. The maximum atomic E-state index is 11.4. The van der Waals surface area contributed by atoms with Gasteiger partial charge in [0.1, 0.15) is 0 Å². The van der Waals surface area contributed by atoms with Crippen LogP contribution in [0.25, 0.3) is 0 Å². The zero-order valence-corrected chi connectivity index (χ0v) is 11.3. The molecular weight excluding hydrogens is 236 g/mol. The molecule has 18 heavy (non-hydrogen) atoms. The Morgan fingerprint density at radius 3 is 2.00 bits per heavy atom. The first-order chi connectivity index (χ1) is 8.11. The lowest BCUT2D eigenvalue weighted by molar-refractivity contribution is -0.146. The van der Waals surface area contributed by atoms with E-state index in [2.05, 4.69) is 6.58 Å². The average molecular weight is 260 g/mol. The van der Waals surface area contributed by atoms with Gasteiger partial charge in [-0.05, 0) is 12.8 Å². The monoisotopic (exact) mass is 260 g/mol. The summed E-state index contributed by atoms with van der Waals surface area (Å²) < 4.78 is 9.85. The highest BCUT2D eigenvalue weighted by atomic mass is 16.5. The van der Waals surface area contributed by atoms with Gasteiger partial charge in [0.15, 0.2) is 0 Å². The Hall–Kier alpha value is -1.36. The Bertz CT molecular complexity index is 260. The van der Waals surface area contributed by atoms with Gasteiger partial charge in [-0.2, -0.15) is 0 Å². The second-order valence-electron chi connectivity index (χ2n) is 3.84. The summed E-state index contributed by atoms with van der Waals surface area (Å²) in [5.41, 5.74) is 0.155. The Kier molecular flexibility index (Phi) is 12.8. The molecule has 0 radical (unpaired) electrons. The minimum atomic E-state index is -0.508. The summed E-state index contributed by atoms with van der Waals surface area (Å²) in [6, 6.07) is 0. The molecule has 0 spiro atoms. The molecule has 0 amide bonds. The van der Waals surface area contributed by atoms with Crippen LogP contribution in [0.2, 0.25) is 0 Å². The summed E-state index contributed by atoms with van der Waals surface area (Å²) in [6.45, 7) is 8.32. The van der Waals surface area contributed by atoms with E-state index in [9.17, 15) is 9.59 Å². The second-order valence-corrected chi connectivity index (χ2v) is 3.84. The topological polar surface area (TPSA) is 84.1 Å². The SMILES string of the molecule is C=C(CC(=O)OCCCC)C(=O)OCCCC.O. The van der Waals surface area contributed by atoms with Crippen LogP contribution in [-0.4, -0.2) is 30.6 Å². The van der Waals surface area contributed by atoms with Crippen molar-refractivity contribution in [1.82, 2.24) is 0 Å². The van der Waals surface area contributed by atoms with E-state index in [0.717, 1.165) is 25.7 Å². The highest BCUT2D eigenvalue weighted by molar-refractivity contribution is 5.93. The van der Waals surface area contributed by atoms with E-state index in [-0.39, 0.29) is 17.5 Å². The average Bonchev–Trinajstić information content (AvgIpc) is 2.29. The van der Waals surface area contributed by atoms with Gasteiger partial charge in [-0.25, -0.2) is 4.79 Å². The van der Waals surface area contributed by atoms with Gasteiger partial charge in [0, 0.05) is 5.57 Å². The molecule has 106 valence electrons. The van der Waals surface area contributed by atoms with Crippen LogP contribution in [0.4, 0.5) is 0 Å². The van der Waals surface area contributed by atoms with Crippen molar-refractivity contribution >= 4 is 11.9 Å². The number of carbonyl (C=O) groups is 2.